The van der Waals surface area contributed by atoms with Gasteiger partial charge in [0.25, 0.3) is 0 Å². The molecule has 2 N–H and O–H groups in total. The number of amides is 1. The number of nitrogens with one attached hydrogen (secondary N) is 2. The van der Waals surface area contributed by atoms with Gasteiger partial charge in [-0.1, -0.05) is 6.42 Å². The van der Waals surface area contributed by atoms with Gasteiger partial charge in [0.2, 0.25) is 0 Å². The molecule has 100 valence electrons. The second-order valence-corrected chi connectivity index (χ2v) is 5.88. The number of alkyl carbamates (subject to hydrolysis) is 1. The molecule has 0 radical (unpaired) electrons. The monoisotopic (exact) mass is 242 g/mol. The van der Waals surface area contributed by atoms with E-state index >= 15 is 0 Å². The van der Waals surface area contributed by atoms with Gasteiger partial charge in [-0.05, 0) is 53.0 Å². The van der Waals surface area contributed by atoms with E-state index in [0.29, 0.717) is 18.5 Å². The van der Waals surface area contributed by atoms with Crippen LogP contribution in [0, 0.1) is 5.92 Å². The first kappa shape index (κ1) is 14.3. The molecule has 1 aliphatic rings. The molecule has 0 bridgehead atoms. The van der Waals surface area contributed by atoms with Crippen molar-refractivity contribution in [1.82, 2.24) is 10.6 Å². The molecule has 1 aliphatic heterocycles. The molecule has 0 aliphatic carbocycles. The third kappa shape index (κ3) is 5.91. The minimum atomic E-state index is -0.419. The van der Waals surface area contributed by atoms with E-state index in [2.05, 4.69) is 17.6 Å². The summed E-state index contributed by atoms with van der Waals surface area (Å²) < 4.78 is 5.22. The lowest BCUT2D eigenvalue weighted by molar-refractivity contribution is 0.0516. The maximum Gasteiger partial charge on any atom is 0.407 e. The Labute approximate surface area is 104 Å². The number of carbonyl (C=O) groups excluding carboxylic acids is 1. The molecule has 0 saturated carbocycles. The molecule has 1 saturated heterocycles. The first-order valence-electron chi connectivity index (χ1n) is 6.59. The van der Waals surface area contributed by atoms with Gasteiger partial charge in [0.05, 0.1) is 0 Å². The SMILES string of the molecule is CC1NCCCCC1CNC(=O)OC(C)(C)C. The molecular weight excluding hydrogens is 216 g/mol. The first-order chi connectivity index (χ1) is 7.88. The number of hydrogen-bond acceptors (Lipinski definition) is 3. The predicted octanol–water partition coefficient (Wildman–Crippen LogP) is 2.29. The van der Waals surface area contributed by atoms with Crippen molar-refractivity contribution in [2.24, 2.45) is 5.92 Å². The van der Waals surface area contributed by atoms with E-state index in [-0.39, 0.29) is 6.09 Å². The lowest BCUT2D eigenvalue weighted by Crippen LogP contribution is -2.41. The summed E-state index contributed by atoms with van der Waals surface area (Å²) in [5, 5.41) is 6.34. The standard InChI is InChI=1S/C13H26N2O2/c1-10-11(7-5-6-8-14-10)9-15-12(16)17-13(2,3)4/h10-11,14H,5-9H2,1-4H3,(H,15,16). The summed E-state index contributed by atoms with van der Waals surface area (Å²) in [5.74, 6) is 0.505. The van der Waals surface area contributed by atoms with Crippen LogP contribution in [0.2, 0.25) is 0 Å². The van der Waals surface area contributed by atoms with E-state index in [9.17, 15) is 4.79 Å². The number of ether oxygens (including phenoxy) is 1. The van der Waals surface area contributed by atoms with E-state index in [0.717, 1.165) is 6.54 Å². The molecule has 0 aromatic carbocycles. The van der Waals surface area contributed by atoms with Crippen molar-refractivity contribution in [2.75, 3.05) is 13.1 Å². The Morgan fingerprint density at radius 3 is 2.76 bits per heavy atom. The Balaban J connectivity index is 2.31. The van der Waals surface area contributed by atoms with Crippen LogP contribution in [0.4, 0.5) is 4.79 Å². The van der Waals surface area contributed by atoms with Crippen molar-refractivity contribution in [3.05, 3.63) is 0 Å². The van der Waals surface area contributed by atoms with Crippen LogP contribution in [-0.2, 0) is 4.74 Å². The number of carbonyl (C=O) groups is 1. The van der Waals surface area contributed by atoms with E-state index in [1.807, 2.05) is 20.8 Å². The molecule has 1 rings (SSSR count). The Bertz CT molecular complexity index is 248. The number of rotatable bonds is 2. The van der Waals surface area contributed by atoms with Crippen LogP contribution in [0.15, 0.2) is 0 Å². The average molecular weight is 242 g/mol. The molecule has 0 aromatic heterocycles. The van der Waals surface area contributed by atoms with Crippen LogP contribution in [0.3, 0.4) is 0 Å². The summed E-state index contributed by atoms with van der Waals surface area (Å²) >= 11 is 0. The lowest BCUT2D eigenvalue weighted by Gasteiger charge is -2.24. The van der Waals surface area contributed by atoms with Gasteiger partial charge in [0, 0.05) is 12.6 Å². The van der Waals surface area contributed by atoms with Gasteiger partial charge < -0.3 is 15.4 Å². The van der Waals surface area contributed by atoms with Gasteiger partial charge in [0.1, 0.15) is 5.60 Å². The average Bonchev–Trinajstić information content (AvgIpc) is 2.37. The highest BCUT2D eigenvalue weighted by atomic mass is 16.6. The van der Waals surface area contributed by atoms with Gasteiger partial charge in [-0.2, -0.15) is 0 Å². The summed E-state index contributed by atoms with van der Waals surface area (Å²) in [6.07, 6.45) is 3.32. The zero-order chi connectivity index (χ0) is 12.9. The van der Waals surface area contributed by atoms with Gasteiger partial charge >= 0.3 is 6.09 Å². The molecule has 0 aromatic rings. The van der Waals surface area contributed by atoms with Crippen molar-refractivity contribution in [3.63, 3.8) is 0 Å². The van der Waals surface area contributed by atoms with Gasteiger partial charge in [-0.3, -0.25) is 0 Å². The van der Waals surface area contributed by atoms with Crippen LogP contribution in [0.5, 0.6) is 0 Å². The highest BCUT2D eigenvalue weighted by molar-refractivity contribution is 5.67. The predicted molar refractivity (Wildman–Crippen MR) is 69.0 cm³/mol. The highest BCUT2D eigenvalue weighted by Gasteiger charge is 2.21. The fourth-order valence-corrected chi connectivity index (χ4v) is 2.09. The fourth-order valence-electron chi connectivity index (χ4n) is 2.09. The van der Waals surface area contributed by atoms with Crippen LogP contribution in [-0.4, -0.2) is 30.8 Å². The molecule has 2 unspecified atom stereocenters. The lowest BCUT2D eigenvalue weighted by atomic mass is 9.97. The third-order valence-corrected chi connectivity index (χ3v) is 3.08. The van der Waals surface area contributed by atoms with Crippen LogP contribution in [0.25, 0.3) is 0 Å². The fraction of sp³-hybridized carbons (Fsp3) is 0.923. The first-order valence-corrected chi connectivity index (χ1v) is 6.59. The van der Waals surface area contributed by atoms with Gasteiger partial charge in [0.15, 0.2) is 0 Å². The van der Waals surface area contributed by atoms with Crippen molar-refractivity contribution >= 4 is 6.09 Å². The Morgan fingerprint density at radius 1 is 1.41 bits per heavy atom. The summed E-state index contributed by atoms with van der Waals surface area (Å²) in [4.78, 5) is 11.5. The highest BCUT2D eigenvalue weighted by Crippen LogP contribution is 2.16. The Morgan fingerprint density at radius 2 is 2.12 bits per heavy atom. The second kappa shape index (κ2) is 6.24. The molecule has 1 amide bonds. The van der Waals surface area contributed by atoms with E-state index in [1.54, 1.807) is 0 Å². The van der Waals surface area contributed by atoms with Crippen molar-refractivity contribution in [2.45, 2.75) is 58.6 Å². The quantitative estimate of drug-likeness (QED) is 0.781. The van der Waals surface area contributed by atoms with Crippen LogP contribution < -0.4 is 10.6 Å². The smallest absolute Gasteiger partial charge is 0.407 e. The third-order valence-electron chi connectivity index (χ3n) is 3.08. The Hall–Kier alpha value is -0.770. The van der Waals surface area contributed by atoms with Crippen molar-refractivity contribution < 1.29 is 9.53 Å². The molecule has 1 fully saturated rings. The van der Waals surface area contributed by atoms with E-state index < -0.39 is 5.60 Å². The van der Waals surface area contributed by atoms with E-state index in [4.69, 9.17) is 4.74 Å². The largest absolute Gasteiger partial charge is 0.444 e. The topological polar surface area (TPSA) is 50.4 Å². The molecule has 4 nitrogen and oxygen atoms in total. The van der Waals surface area contributed by atoms with Crippen LogP contribution in [0.1, 0.15) is 47.0 Å². The van der Waals surface area contributed by atoms with Gasteiger partial charge in [-0.25, -0.2) is 4.79 Å². The second-order valence-electron chi connectivity index (χ2n) is 5.88. The summed E-state index contributed by atoms with van der Waals surface area (Å²) in [6, 6.07) is 0.465. The maximum atomic E-state index is 11.5. The molecule has 2 atom stereocenters. The van der Waals surface area contributed by atoms with Crippen LogP contribution >= 0.6 is 0 Å². The zero-order valence-electron chi connectivity index (χ0n) is 11.5. The van der Waals surface area contributed by atoms with E-state index in [1.165, 1.54) is 19.3 Å². The molecule has 4 heteroatoms. The van der Waals surface area contributed by atoms with Gasteiger partial charge in [-0.15, -0.1) is 0 Å². The molecular formula is C13H26N2O2. The molecule has 1 heterocycles. The normalized spacial score (nSPS) is 26.1. The molecule has 17 heavy (non-hydrogen) atoms. The molecule has 0 spiro atoms. The summed E-state index contributed by atoms with van der Waals surface area (Å²) in [6.45, 7) is 9.60. The minimum Gasteiger partial charge on any atom is -0.444 e. The minimum absolute atomic E-state index is 0.311. The zero-order valence-corrected chi connectivity index (χ0v) is 11.5. The summed E-state index contributed by atoms with van der Waals surface area (Å²) in [7, 11) is 0. The Kier molecular flexibility index (Phi) is 5.25. The van der Waals surface area contributed by atoms with Crippen molar-refractivity contribution in [3.8, 4) is 0 Å². The van der Waals surface area contributed by atoms with Crippen molar-refractivity contribution in [1.29, 1.82) is 0 Å². The summed E-state index contributed by atoms with van der Waals surface area (Å²) in [5.41, 5.74) is -0.419. The number of hydrogen-bond donors (Lipinski definition) is 2. The maximum absolute atomic E-state index is 11.5.